The van der Waals surface area contributed by atoms with Crippen molar-refractivity contribution in [2.75, 3.05) is 19.0 Å². The van der Waals surface area contributed by atoms with Gasteiger partial charge in [-0.15, -0.1) is 0 Å². The van der Waals surface area contributed by atoms with Crippen LogP contribution in [0, 0.1) is 6.92 Å². The number of carbonyl (C=O) groups is 1. The Labute approximate surface area is 117 Å². The van der Waals surface area contributed by atoms with Gasteiger partial charge in [-0.1, -0.05) is 23.8 Å². The zero-order chi connectivity index (χ0) is 14.7. The normalized spacial score (nSPS) is 10.3. The van der Waals surface area contributed by atoms with Crippen LogP contribution in [0.25, 0.3) is 0 Å². The van der Waals surface area contributed by atoms with Crippen LogP contribution >= 0.6 is 0 Å². The van der Waals surface area contributed by atoms with Crippen molar-refractivity contribution in [2.24, 2.45) is 0 Å². The molecule has 0 saturated heterocycles. The molecule has 0 radical (unpaired) electrons. The van der Waals surface area contributed by atoms with Crippen molar-refractivity contribution in [2.45, 2.75) is 13.5 Å². The van der Waals surface area contributed by atoms with Gasteiger partial charge in [0, 0.05) is 25.7 Å². The number of aromatic nitrogens is 2. The molecule has 20 heavy (non-hydrogen) atoms. The highest BCUT2D eigenvalue weighted by Gasteiger charge is 2.09. The van der Waals surface area contributed by atoms with Crippen molar-refractivity contribution >= 4 is 11.5 Å². The van der Waals surface area contributed by atoms with Crippen LogP contribution in [0.5, 0.6) is 0 Å². The Kier molecular flexibility index (Phi) is 3.98. The van der Waals surface area contributed by atoms with Gasteiger partial charge in [-0.25, -0.2) is 4.68 Å². The lowest BCUT2D eigenvalue weighted by Crippen LogP contribution is -2.27. The summed E-state index contributed by atoms with van der Waals surface area (Å²) >= 11 is 0. The van der Waals surface area contributed by atoms with Gasteiger partial charge in [-0.3, -0.25) is 9.59 Å². The van der Waals surface area contributed by atoms with Crippen LogP contribution in [0.2, 0.25) is 0 Å². The van der Waals surface area contributed by atoms with Gasteiger partial charge in [0.25, 0.3) is 5.56 Å². The molecule has 2 rings (SSSR count). The summed E-state index contributed by atoms with van der Waals surface area (Å²) in [4.78, 5) is 25.8. The molecule has 5 nitrogen and oxygen atoms in total. The van der Waals surface area contributed by atoms with E-state index in [1.807, 2.05) is 39.2 Å². The summed E-state index contributed by atoms with van der Waals surface area (Å²) in [7, 11) is 3.66. The highest BCUT2D eigenvalue weighted by atomic mass is 16.1. The first-order valence-corrected chi connectivity index (χ1v) is 6.32. The molecule has 0 bridgehead atoms. The van der Waals surface area contributed by atoms with Crippen LogP contribution in [0.4, 0.5) is 5.69 Å². The van der Waals surface area contributed by atoms with Crippen molar-refractivity contribution in [1.29, 1.82) is 0 Å². The van der Waals surface area contributed by atoms with Crippen molar-refractivity contribution in [1.82, 2.24) is 9.78 Å². The molecule has 0 spiro atoms. The molecular weight excluding hydrogens is 254 g/mol. The zero-order valence-electron chi connectivity index (χ0n) is 11.8. The lowest BCUT2D eigenvalue weighted by atomic mass is 10.1. The van der Waals surface area contributed by atoms with Crippen LogP contribution in [0.3, 0.4) is 0 Å². The molecule has 1 heterocycles. The molecule has 0 N–H and O–H groups in total. The second-order valence-corrected chi connectivity index (χ2v) is 4.90. The minimum absolute atomic E-state index is 0.0456. The highest BCUT2D eigenvalue weighted by Crippen LogP contribution is 2.07. The number of hydrogen-bond acceptors (Lipinski definition) is 4. The molecule has 1 aromatic heterocycles. The SMILES string of the molecule is Cc1cccc(C(=O)Cn2ncc(N(C)C)cc2=O)c1. The van der Waals surface area contributed by atoms with Crippen LogP contribution in [-0.2, 0) is 6.54 Å². The lowest BCUT2D eigenvalue weighted by molar-refractivity contribution is 0.0965. The third-order valence-corrected chi connectivity index (χ3v) is 3.00. The number of carbonyl (C=O) groups excluding carboxylic acids is 1. The monoisotopic (exact) mass is 271 g/mol. The highest BCUT2D eigenvalue weighted by molar-refractivity contribution is 5.95. The Hall–Kier alpha value is -2.43. The minimum atomic E-state index is -0.280. The van der Waals surface area contributed by atoms with Gasteiger partial charge in [0.05, 0.1) is 11.9 Å². The summed E-state index contributed by atoms with van der Waals surface area (Å²) in [6, 6.07) is 8.77. The molecule has 0 aliphatic carbocycles. The smallest absolute Gasteiger partial charge is 0.269 e. The van der Waals surface area contributed by atoms with E-state index >= 15 is 0 Å². The Balaban J connectivity index is 2.22. The van der Waals surface area contributed by atoms with E-state index in [1.54, 1.807) is 17.2 Å². The standard InChI is InChI=1S/C15H17N3O2/c1-11-5-4-6-12(7-11)14(19)10-18-15(20)8-13(9-16-18)17(2)3/h4-9H,10H2,1-3H3. The van der Waals surface area contributed by atoms with E-state index in [4.69, 9.17) is 0 Å². The van der Waals surface area contributed by atoms with E-state index in [0.717, 1.165) is 5.56 Å². The summed E-state index contributed by atoms with van der Waals surface area (Å²) < 4.78 is 1.18. The van der Waals surface area contributed by atoms with Crippen molar-refractivity contribution in [3.05, 3.63) is 58.0 Å². The molecule has 5 heteroatoms. The minimum Gasteiger partial charge on any atom is -0.376 e. The second-order valence-electron chi connectivity index (χ2n) is 4.90. The summed E-state index contributed by atoms with van der Waals surface area (Å²) in [5, 5.41) is 4.03. The van der Waals surface area contributed by atoms with E-state index in [-0.39, 0.29) is 17.9 Å². The van der Waals surface area contributed by atoms with Crippen LogP contribution < -0.4 is 10.5 Å². The van der Waals surface area contributed by atoms with Gasteiger partial charge < -0.3 is 4.90 Å². The van der Waals surface area contributed by atoms with Crippen LogP contribution in [0.1, 0.15) is 15.9 Å². The number of benzene rings is 1. The van der Waals surface area contributed by atoms with Crippen molar-refractivity contribution in [3.8, 4) is 0 Å². The molecule has 0 saturated carbocycles. The topological polar surface area (TPSA) is 55.2 Å². The average molecular weight is 271 g/mol. The Morgan fingerprint density at radius 1 is 1.30 bits per heavy atom. The Bertz CT molecular complexity index is 690. The fraction of sp³-hybridized carbons (Fsp3) is 0.267. The number of rotatable bonds is 4. The maximum atomic E-state index is 12.1. The fourth-order valence-electron chi connectivity index (χ4n) is 1.83. The predicted octanol–water partition coefficient (Wildman–Crippen LogP) is 1.50. The number of hydrogen-bond donors (Lipinski definition) is 0. The molecule has 104 valence electrons. The molecule has 0 aliphatic heterocycles. The molecule has 0 fully saturated rings. The molecule has 0 amide bonds. The van der Waals surface area contributed by atoms with E-state index in [0.29, 0.717) is 11.3 Å². The summed E-state index contributed by atoms with van der Waals surface area (Å²) in [5.74, 6) is -0.124. The van der Waals surface area contributed by atoms with Gasteiger partial charge in [-0.05, 0) is 13.0 Å². The Morgan fingerprint density at radius 3 is 2.65 bits per heavy atom. The van der Waals surface area contributed by atoms with Gasteiger partial charge >= 0.3 is 0 Å². The third-order valence-electron chi connectivity index (χ3n) is 3.00. The van der Waals surface area contributed by atoms with Crippen LogP contribution in [0.15, 0.2) is 41.3 Å². The maximum absolute atomic E-state index is 12.1. The van der Waals surface area contributed by atoms with Gasteiger partial charge in [-0.2, -0.15) is 5.10 Å². The molecule has 0 atom stereocenters. The molecule has 1 aromatic carbocycles. The van der Waals surface area contributed by atoms with E-state index in [9.17, 15) is 9.59 Å². The second kappa shape index (κ2) is 5.69. The quantitative estimate of drug-likeness (QED) is 0.791. The number of aryl methyl sites for hydroxylation is 1. The van der Waals surface area contributed by atoms with Crippen LogP contribution in [-0.4, -0.2) is 29.7 Å². The molecule has 2 aromatic rings. The van der Waals surface area contributed by atoms with Crippen molar-refractivity contribution in [3.63, 3.8) is 0 Å². The molecular formula is C15H17N3O2. The maximum Gasteiger partial charge on any atom is 0.269 e. The van der Waals surface area contributed by atoms with Crippen molar-refractivity contribution < 1.29 is 4.79 Å². The Morgan fingerprint density at radius 2 is 2.05 bits per heavy atom. The number of anilines is 1. The summed E-state index contributed by atoms with van der Waals surface area (Å²) in [6.45, 7) is 1.88. The molecule has 0 unspecified atom stereocenters. The molecule has 0 aliphatic rings. The number of nitrogens with zero attached hydrogens (tertiary/aromatic N) is 3. The first-order valence-electron chi connectivity index (χ1n) is 6.32. The summed E-state index contributed by atoms with van der Waals surface area (Å²) in [5.41, 5.74) is 2.04. The zero-order valence-corrected chi connectivity index (χ0v) is 11.8. The first kappa shape index (κ1) is 14.0. The van der Waals surface area contributed by atoms with Gasteiger partial charge in [0.15, 0.2) is 5.78 Å². The van der Waals surface area contributed by atoms with E-state index in [1.165, 1.54) is 10.7 Å². The summed E-state index contributed by atoms with van der Waals surface area (Å²) in [6.07, 6.45) is 1.57. The average Bonchev–Trinajstić information content (AvgIpc) is 2.40. The number of ketones is 1. The van der Waals surface area contributed by atoms with Gasteiger partial charge in [0.2, 0.25) is 0 Å². The van der Waals surface area contributed by atoms with E-state index < -0.39 is 0 Å². The predicted molar refractivity (Wildman–Crippen MR) is 78.3 cm³/mol. The largest absolute Gasteiger partial charge is 0.376 e. The lowest BCUT2D eigenvalue weighted by Gasteiger charge is -2.12. The first-order chi connectivity index (χ1) is 9.47. The fourth-order valence-corrected chi connectivity index (χ4v) is 1.83. The number of Topliss-reactive ketones (excluding diaryl/α,β-unsaturated/α-hetero) is 1. The van der Waals surface area contributed by atoms with E-state index in [2.05, 4.69) is 5.10 Å². The van der Waals surface area contributed by atoms with Gasteiger partial charge in [0.1, 0.15) is 6.54 Å². The third kappa shape index (κ3) is 3.12.